The lowest BCUT2D eigenvalue weighted by Gasteiger charge is -2.15. The molecule has 21 heavy (non-hydrogen) atoms. The summed E-state index contributed by atoms with van der Waals surface area (Å²) in [7, 11) is 1.49. The molecule has 1 unspecified atom stereocenters. The van der Waals surface area contributed by atoms with Gasteiger partial charge in [-0.1, -0.05) is 6.42 Å². The van der Waals surface area contributed by atoms with E-state index >= 15 is 0 Å². The van der Waals surface area contributed by atoms with Gasteiger partial charge in [-0.2, -0.15) is 0 Å². The number of phosphoric ester groups is 1. The second-order valence-corrected chi connectivity index (χ2v) is 6.30. The van der Waals surface area contributed by atoms with E-state index in [1.54, 1.807) is 0 Å². The first-order valence-electron chi connectivity index (χ1n) is 6.95. The van der Waals surface area contributed by atoms with Gasteiger partial charge in [0.15, 0.2) is 0 Å². The Labute approximate surface area is 125 Å². The van der Waals surface area contributed by atoms with Crippen LogP contribution in [-0.4, -0.2) is 44.0 Å². The van der Waals surface area contributed by atoms with Crippen LogP contribution < -0.4 is 11.3 Å². The lowest BCUT2D eigenvalue weighted by Crippen LogP contribution is -2.29. The zero-order chi connectivity index (χ0) is 15.7. The molecule has 2 radical (unpaired) electrons. The standard InChI is InChI=1S/C11H22BN2O6P/c12-10-6-5-9(20-10)8-19-21(16,17)18-7-3-1-2-4-11(15)14-13/h9-10H,1-8,13H2,(H,14,15)(H,16,17)/t9-,10+/m0/s1. The number of amides is 1. The summed E-state index contributed by atoms with van der Waals surface area (Å²) in [5.41, 5.74) is 2.03. The molecule has 0 spiro atoms. The summed E-state index contributed by atoms with van der Waals surface area (Å²) < 4.78 is 26.5. The monoisotopic (exact) mass is 320 g/mol. The molecule has 1 saturated heterocycles. The number of unbranched alkanes of at least 4 members (excludes halogenated alkanes) is 2. The third-order valence-corrected chi connectivity index (χ3v) is 4.01. The topological polar surface area (TPSA) is 120 Å². The number of nitrogens with one attached hydrogen (secondary N) is 1. The predicted octanol–water partition coefficient (Wildman–Crippen LogP) is 0.344. The van der Waals surface area contributed by atoms with Crippen LogP contribution in [0.3, 0.4) is 0 Å². The number of carbonyl (C=O) groups is 1. The van der Waals surface area contributed by atoms with Gasteiger partial charge in [0.2, 0.25) is 5.91 Å². The maximum atomic E-state index is 11.6. The summed E-state index contributed by atoms with van der Waals surface area (Å²) in [4.78, 5) is 20.3. The number of hydrazine groups is 1. The number of carbonyl (C=O) groups excluding carboxylic acids is 1. The second kappa shape index (κ2) is 9.56. The third kappa shape index (κ3) is 8.55. The average Bonchev–Trinajstić information content (AvgIpc) is 2.86. The molecule has 8 nitrogen and oxygen atoms in total. The van der Waals surface area contributed by atoms with E-state index < -0.39 is 7.82 Å². The molecule has 1 aliphatic rings. The van der Waals surface area contributed by atoms with Crippen molar-refractivity contribution in [3.05, 3.63) is 0 Å². The average molecular weight is 320 g/mol. The fourth-order valence-electron chi connectivity index (χ4n) is 1.89. The molecule has 0 aromatic carbocycles. The first-order chi connectivity index (χ1) is 9.93. The zero-order valence-corrected chi connectivity index (χ0v) is 12.8. The van der Waals surface area contributed by atoms with Crippen molar-refractivity contribution in [3.63, 3.8) is 0 Å². The van der Waals surface area contributed by atoms with Gasteiger partial charge in [-0.25, -0.2) is 10.4 Å². The fraction of sp³-hybridized carbons (Fsp3) is 0.909. The first-order valence-corrected chi connectivity index (χ1v) is 8.45. The zero-order valence-electron chi connectivity index (χ0n) is 11.9. The second-order valence-electron chi connectivity index (χ2n) is 4.85. The molecule has 0 aromatic rings. The summed E-state index contributed by atoms with van der Waals surface area (Å²) in [6.45, 7) is 0.0706. The maximum Gasteiger partial charge on any atom is 0.472 e. The highest BCUT2D eigenvalue weighted by Gasteiger charge is 2.27. The largest absolute Gasteiger partial charge is 0.472 e. The molecule has 0 saturated carbocycles. The summed E-state index contributed by atoms with van der Waals surface area (Å²) in [5, 5.41) is 0. The molecule has 0 aromatic heterocycles. The molecule has 1 rings (SSSR count). The molecule has 4 N–H and O–H groups in total. The van der Waals surface area contributed by atoms with Crippen LogP contribution in [0.4, 0.5) is 0 Å². The molecular formula is C11H22BN2O6P. The Morgan fingerprint density at radius 2 is 2.14 bits per heavy atom. The van der Waals surface area contributed by atoms with Gasteiger partial charge < -0.3 is 9.63 Å². The molecule has 1 heterocycles. The van der Waals surface area contributed by atoms with Gasteiger partial charge in [0.05, 0.1) is 19.3 Å². The Hall–Kier alpha value is -0.435. The van der Waals surface area contributed by atoms with Crippen molar-refractivity contribution in [2.24, 2.45) is 5.84 Å². The van der Waals surface area contributed by atoms with Crippen molar-refractivity contribution in [1.29, 1.82) is 0 Å². The SMILES string of the molecule is [B][C@H]1CC[C@@H](COP(=O)(O)OCCCCCC(=O)NN)O1. The summed E-state index contributed by atoms with van der Waals surface area (Å²) >= 11 is 0. The maximum absolute atomic E-state index is 11.6. The summed E-state index contributed by atoms with van der Waals surface area (Å²) in [6, 6.07) is -0.330. The molecule has 3 atom stereocenters. The number of hydrogen-bond donors (Lipinski definition) is 3. The molecule has 120 valence electrons. The molecule has 0 bridgehead atoms. The predicted molar refractivity (Wildman–Crippen MR) is 76.2 cm³/mol. The van der Waals surface area contributed by atoms with Gasteiger partial charge in [0.1, 0.15) is 7.85 Å². The number of hydrogen-bond acceptors (Lipinski definition) is 6. The van der Waals surface area contributed by atoms with Gasteiger partial charge in [-0.05, 0) is 25.7 Å². The Morgan fingerprint density at radius 3 is 2.76 bits per heavy atom. The van der Waals surface area contributed by atoms with E-state index in [4.69, 9.17) is 27.5 Å². The van der Waals surface area contributed by atoms with Crippen molar-refractivity contribution in [1.82, 2.24) is 5.43 Å². The number of ether oxygens (including phenoxy) is 1. The smallest absolute Gasteiger partial charge is 0.382 e. The van der Waals surface area contributed by atoms with Crippen LogP contribution in [0.15, 0.2) is 0 Å². The number of nitrogens with two attached hydrogens (primary N) is 1. The highest BCUT2D eigenvalue weighted by molar-refractivity contribution is 7.47. The Bertz CT molecular complexity index is 373. The molecular weight excluding hydrogens is 298 g/mol. The molecule has 1 fully saturated rings. The van der Waals surface area contributed by atoms with Gasteiger partial charge in [0, 0.05) is 12.4 Å². The fourth-order valence-corrected chi connectivity index (χ4v) is 2.68. The van der Waals surface area contributed by atoms with E-state index in [1.165, 1.54) is 0 Å². The van der Waals surface area contributed by atoms with Gasteiger partial charge >= 0.3 is 7.82 Å². The van der Waals surface area contributed by atoms with Crippen molar-refractivity contribution in [2.45, 2.75) is 50.6 Å². The first kappa shape index (κ1) is 18.6. The molecule has 1 aliphatic heterocycles. The summed E-state index contributed by atoms with van der Waals surface area (Å²) in [6.07, 6.45) is 3.34. The van der Waals surface area contributed by atoms with E-state index in [0.29, 0.717) is 38.5 Å². The number of phosphoric acid groups is 1. The minimum atomic E-state index is -4.06. The highest BCUT2D eigenvalue weighted by Crippen LogP contribution is 2.44. The minimum Gasteiger partial charge on any atom is -0.382 e. The van der Waals surface area contributed by atoms with Crippen LogP contribution >= 0.6 is 7.82 Å². The third-order valence-electron chi connectivity index (χ3n) is 3.03. The van der Waals surface area contributed by atoms with Crippen LogP contribution in [0.25, 0.3) is 0 Å². The normalized spacial score (nSPS) is 24.7. The Kier molecular flexibility index (Phi) is 8.47. The van der Waals surface area contributed by atoms with Crippen LogP contribution in [0.5, 0.6) is 0 Å². The van der Waals surface area contributed by atoms with E-state index in [-0.39, 0.29) is 31.2 Å². The minimum absolute atomic E-state index is 0.0157. The van der Waals surface area contributed by atoms with Crippen LogP contribution in [-0.2, 0) is 23.1 Å². The van der Waals surface area contributed by atoms with Crippen LogP contribution in [0.1, 0.15) is 38.5 Å². The Balaban J connectivity index is 2.04. The Morgan fingerprint density at radius 1 is 1.38 bits per heavy atom. The lowest BCUT2D eigenvalue weighted by atomic mass is 9.97. The van der Waals surface area contributed by atoms with E-state index in [2.05, 4.69) is 0 Å². The number of rotatable bonds is 10. The van der Waals surface area contributed by atoms with Gasteiger partial charge in [0.25, 0.3) is 0 Å². The van der Waals surface area contributed by atoms with Crippen molar-refractivity contribution < 1.29 is 28.0 Å². The molecule has 1 amide bonds. The lowest BCUT2D eigenvalue weighted by molar-refractivity contribution is -0.121. The van der Waals surface area contributed by atoms with Crippen molar-refractivity contribution >= 4 is 21.6 Å². The molecule has 10 heteroatoms. The highest BCUT2D eigenvalue weighted by atomic mass is 31.2. The molecule has 0 aliphatic carbocycles. The van der Waals surface area contributed by atoms with Crippen LogP contribution in [0, 0.1) is 0 Å². The van der Waals surface area contributed by atoms with Crippen molar-refractivity contribution in [3.8, 4) is 0 Å². The summed E-state index contributed by atoms with van der Waals surface area (Å²) in [5.74, 6) is 4.70. The van der Waals surface area contributed by atoms with E-state index in [0.717, 1.165) is 0 Å². The quantitative estimate of drug-likeness (QED) is 0.133. The van der Waals surface area contributed by atoms with Crippen LogP contribution in [0.2, 0.25) is 0 Å². The van der Waals surface area contributed by atoms with Crippen molar-refractivity contribution in [2.75, 3.05) is 13.2 Å². The van der Waals surface area contributed by atoms with E-state index in [1.807, 2.05) is 5.43 Å². The van der Waals surface area contributed by atoms with Gasteiger partial charge in [-0.15, -0.1) is 0 Å². The van der Waals surface area contributed by atoms with E-state index in [9.17, 15) is 14.3 Å². The van der Waals surface area contributed by atoms with Gasteiger partial charge in [-0.3, -0.25) is 19.3 Å².